The number of fused-ring (bicyclic) bond motifs is 2. The van der Waals surface area contributed by atoms with Crippen molar-refractivity contribution in [3.8, 4) is 23.0 Å². The van der Waals surface area contributed by atoms with Gasteiger partial charge in [0.1, 0.15) is 23.0 Å². The van der Waals surface area contributed by atoms with E-state index in [1.165, 1.54) is 6.07 Å². The number of hydrogen-bond acceptors (Lipinski definition) is 6. The third kappa shape index (κ3) is 5.00. The molecule has 8 heteroatoms. The second-order valence-corrected chi connectivity index (χ2v) is 7.46. The number of phenolic OH excluding ortho intramolecular Hbond substituents is 2. The van der Waals surface area contributed by atoms with Crippen LogP contribution in [0.15, 0.2) is 24.3 Å². The summed E-state index contributed by atoms with van der Waals surface area (Å²) in [6, 6.07) is 6.35. The number of hydrogen-bond donors (Lipinski definition) is 2. The number of carbonyl (C=O) groups is 1. The highest BCUT2D eigenvalue weighted by molar-refractivity contribution is 6.32. The Morgan fingerprint density at radius 2 is 1.72 bits per heavy atom. The van der Waals surface area contributed by atoms with E-state index >= 15 is 0 Å². The maximum absolute atomic E-state index is 11.8. The van der Waals surface area contributed by atoms with Crippen LogP contribution in [-0.4, -0.2) is 36.0 Å². The number of rotatable bonds is 2. The fourth-order valence-corrected chi connectivity index (χ4v) is 3.60. The average molecular weight is 441 g/mol. The minimum atomic E-state index is -0.364. The van der Waals surface area contributed by atoms with Crippen LogP contribution in [0.5, 0.6) is 23.0 Å². The molecule has 0 bridgehead atoms. The molecule has 0 fully saturated rings. The number of phenols is 2. The lowest BCUT2D eigenvalue weighted by Crippen LogP contribution is -2.23. The SMILES string of the molecule is CCOC(=O)C1CCOc2cc(O)c(Cl)cc21.Oc1cc2c(cc1Cl)CCCO2. The van der Waals surface area contributed by atoms with Crippen molar-refractivity contribution < 1.29 is 29.2 Å². The molecule has 2 aliphatic rings. The van der Waals surface area contributed by atoms with Gasteiger partial charge in [-0.3, -0.25) is 4.79 Å². The van der Waals surface area contributed by atoms with E-state index < -0.39 is 0 Å². The molecule has 156 valence electrons. The Labute approximate surface area is 178 Å². The van der Waals surface area contributed by atoms with Gasteiger partial charge in [-0.2, -0.15) is 0 Å². The van der Waals surface area contributed by atoms with Crippen LogP contribution in [0, 0.1) is 0 Å². The topological polar surface area (TPSA) is 85.2 Å². The molecule has 6 nitrogen and oxygen atoms in total. The normalized spacial score (nSPS) is 16.9. The van der Waals surface area contributed by atoms with Gasteiger partial charge in [0, 0.05) is 17.7 Å². The van der Waals surface area contributed by atoms with Crippen molar-refractivity contribution in [3.63, 3.8) is 0 Å². The summed E-state index contributed by atoms with van der Waals surface area (Å²) in [7, 11) is 0. The Morgan fingerprint density at radius 1 is 1.07 bits per heavy atom. The lowest BCUT2D eigenvalue weighted by atomic mass is 9.93. The van der Waals surface area contributed by atoms with E-state index in [4.69, 9.17) is 37.4 Å². The summed E-state index contributed by atoms with van der Waals surface area (Å²) in [5, 5.41) is 19.4. The van der Waals surface area contributed by atoms with Crippen LogP contribution >= 0.6 is 23.2 Å². The maximum Gasteiger partial charge on any atom is 0.313 e. The van der Waals surface area contributed by atoms with Gasteiger partial charge < -0.3 is 24.4 Å². The predicted octanol–water partition coefficient (Wildman–Crippen LogP) is 4.85. The number of benzene rings is 2. The Morgan fingerprint density at radius 3 is 2.45 bits per heavy atom. The number of carbonyl (C=O) groups excluding carboxylic acids is 1. The predicted molar refractivity (Wildman–Crippen MR) is 110 cm³/mol. The fourth-order valence-electron chi connectivity index (χ4n) is 3.24. The van der Waals surface area contributed by atoms with Crippen molar-refractivity contribution in [2.75, 3.05) is 19.8 Å². The first-order chi connectivity index (χ1) is 13.9. The summed E-state index contributed by atoms with van der Waals surface area (Å²) >= 11 is 11.6. The minimum absolute atomic E-state index is 0.0464. The van der Waals surface area contributed by atoms with Crippen molar-refractivity contribution in [1.29, 1.82) is 0 Å². The van der Waals surface area contributed by atoms with Crippen LogP contribution in [0.2, 0.25) is 10.0 Å². The number of esters is 1. The van der Waals surface area contributed by atoms with Gasteiger partial charge in [0.15, 0.2) is 0 Å². The summed E-state index contributed by atoms with van der Waals surface area (Å²) in [5.41, 5.74) is 1.77. The number of ether oxygens (including phenoxy) is 3. The van der Waals surface area contributed by atoms with E-state index in [0.29, 0.717) is 36.0 Å². The molecule has 0 amide bonds. The molecule has 2 N–H and O–H groups in total. The average Bonchev–Trinajstić information content (AvgIpc) is 2.70. The summed E-state index contributed by atoms with van der Waals surface area (Å²) in [5.74, 6) is 0.669. The Balaban J connectivity index is 0.000000176. The van der Waals surface area contributed by atoms with E-state index in [-0.39, 0.29) is 28.4 Å². The standard InChI is InChI=1S/C12H13ClO4.C9H9ClO2/c1-2-16-12(15)7-3-4-17-11-6-10(14)9(13)5-8(7)11;10-7-4-6-2-1-3-12-9(6)5-8(7)11/h5-7,14H,2-4H2,1H3;4-5,11H,1-3H2. The molecule has 0 saturated carbocycles. The zero-order valence-electron chi connectivity index (χ0n) is 15.9. The number of halogens is 2. The van der Waals surface area contributed by atoms with Crippen molar-refractivity contribution in [2.24, 2.45) is 0 Å². The van der Waals surface area contributed by atoms with E-state index in [1.54, 1.807) is 25.1 Å². The lowest BCUT2D eigenvalue weighted by molar-refractivity contribution is -0.145. The van der Waals surface area contributed by atoms with E-state index in [2.05, 4.69) is 0 Å². The molecule has 29 heavy (non-hydrogen) atoms. The highest BCUT2D eigenvalue weighted by Gasteiger charge is 2.29. The van der Waals surface area contributed by atoms with Crippen molar-refractivity contribution in [1.82, 2.24) is 0 Å². The molecule has 2 aliphatic heterocycles. The molecule has 2 aromatic carbocycles. The van der Waals surface area contributed by atoms with Crippen LogP contribution in [0.4, 0.5) is 0 Å². The first-order valence-corrected chi connectivity index (χ1v) is 10.1. The molecule has 2 heterocycles. The van der Waals surface area contributed by atoms with E-state index in [9.17, 15) is 15.0 Å². The van der Waals surface area contributed by atoms with Gasteiger partial charge in [-0.1, -0.05) is 23.2 Å². The summed E-state index contributed by atoms with van der Waals surface area (Å²) in [4.78, 5) is 11.8. The second kappa shape index (κ2) is 9.46. The molecule has 0 saturated heterocycles. The van der Waals surface area contributed by atoms with Crippen molar-refractivity contribution >= 4 is 29.2 Å². The minimum Gasteiger partial charge on any atom is -0.506 e. The van der Waals surface area contributed by atoms with Gasteiger partial charge >= 0.3 is 5.97 Å². The highest BCUT2D eigenvalue weighted by atomic mass is 35.5. The smallest absolute Gasteiger partial charge is 0.313 e. The lowest BCUT2D eigenvalue weighted by Gasteiger charge is -2.24. The Kier molecular flexibility index (Phi) is 6.98. The molecule has 0 aliphatic carbocycles. The monoisotopic (exact) mass is 440 g/mol. The Bertz CT molecular complexity index is 868. The summed E-state index contributed by atoms with van der Waals surface area (Å²) < 4.78 is 15.7. The molecule has 1 atom stereocenters. The summed E-state index contributed by atoms with van der Waals surface area (Å²) in [6.07, 6.45) is 2.57. The fraction of sp³-hybridized carbons (Fsp3) is 0.381. The van der Waals surface area contributed by atoms with Crippen LogP contribution in [0.3, 0.4) is 0 Å². The maximum atomic E-state index is 11.8. The second-order valence-electron chi connectivity index (χ2n) is 6.65. The molecule has 0 aromatic heterocycles. The first kappa shape index (κ1) is 21.4. The third-order valence-corrected chi connectivity index (χ3v) is 5.27. The third-order valence-electron chi connectivity index (χ3n) is 4.67. The number of aromatic hydroxyl groups is 2. The first-order valence-electron chi connectivity index (χ1n) is 9.36. The van der Waals surface area contributed by atoms with Gasteiger partial charge in [0.2, 0.25) is 0 Å². The van der Waals surface area contributed by atoms with Crippen molar-refractivity contribution in [2.45, 2.75) is 32.1 Å². The molecule has 0 radical (unpaired) electrons. The quantitative estimate of drug-likeness (QED) is 0.649. The molecule has 0 spiro atoms. The van der Waals surface area contributed by atoms with Gasteiger partial charge in [-0.15, -0.1) is 0 Å². The van der Waals surface area contributed by atoms with Crippen LogP contribution in [0.25, 0.3) is 0 Å². The summed E-state index contributed by atoms with van der Waals surface area (Å²) in [6.45, 7) is 3.27. The Hall–Kier alpha value is -2.31. The van der Waals surface area contributed by atoms with Gasteiger partial charge in [-0.25, -0.2) is 0 Å². The van der Waals surface area contributed by atoms with Gasteiger partial charge in [0.25, 0.3) is 0 Å². The molecule has 2 aromatic rings. The zero-order valence-corrected chi connectivity index (χ0v) is 17.4. The highest BCUT2D eigenvalue weighted by Crippen LogP contribution is 2.40. The molecular weight excluding hydrogens is 419 g/mol. The van der Waals surface area contributed by atoms with E-state index in [1.807, 2.05) is 0 Å². The largest absolute Gasteiger partial charge is 0.506 e. The van der Waals surface area contributed by atoms with Crippen LogP contribution in [0.1, 0.15) is 36.8 Å². The van der Waals surface area contributed by atoms with E-state index in [0.717, 1.165) is 30.8 Å². The van der Waals surface area contributed by atoms with Crippen LogP contribution < -0.4 is 9.47 Å². The van der Waals surface area contributed by atoms with Gasteiger partial charge in [0.05, 0.1) is 35.8 Å². The van der Waals surface area contributed by atoms with Crippen LogP contribution in [-0.2, 0) is 16.0 Å². The van der Waals surface area contributed by atoms with Gasteiger partial charge in [-0.05, 0) is 43.9 Å². The van der Waals surface area contributed by atoms with Crippen molar-refractivity contribution in [3.05, 3.63) is 45.4 Å². The molecular formula is C21H22Cl2O6. The molecule has 1 unspecified atom stereocenters. The molecule has 4 rings (SSSR count). The zero-order chi connectivity index (χ0) is 21.0. The number of aryl methyl sites for hydroxylation is 1.